The number of likely N-dealkylation sites (tertiary alicyclic amines) is 1. The summed E-state index contributed by atoms with van der Waals surface area (Å²) in [7, 11) is 1.64. The minimum absolute atomic E-state index is 0. The third-order valence-corrected chi connectivity index (χ3v) is 4.64. The minimum Gasteiger partial charge on any atom is -0.497 e. The average molecular weight is 475 g/mol. The molecule has 2 atom stereocenters. The van der Waals surface area contributed by atoms with E-state index in [1.807, 2.05) is 24.3 Å². The molecule has 6 heteroatoms. The lowest BCUT2D eigenvalue weighted by Gasteiger charge is -2.22. The van der Waals surface area contributed by atoms with Gasteiger partial charge in [0.25, 0.3) is 0 Å². The summed E-state index contributed by atoms with van der Waals surface area (Å²) in [5.74, 6) is 3.19. The first-order valence-corrected chi connectivity index (χ1v) is 9.38. The van der Waals surface area contributed by atoms with Crippen molar-refractivity contribution in [1.82, 2.24) is 10.2 Å². The van der Waals surface area contributed by atoms with Crippen LogP contribution in [0, 0.1) is 11.8 Å². The van der Waals surface area contributed by atoms with E-state index in [2.05, 4.69) is 36.0 Å². The summed E-state index contributed by atoms with van der Waals surface area (Å²) in [4.78, 5) is 7.01. The fourth-order valence-electron chi connectivity index (χ4n) is 3.41. The molecule has 2 N–H and O–H groups in total. The van der Waals surface area contributed by atoms with E-state index in [0.29, 0.717) is 6.54 Å². The molecular weight excluding hydrogens is 441 g/mol. The molecule has 26 heavy (non-hydrogen) atoms. The average Bonchev–Trinajstić information content (AvgIpc) is 3.06. The Hall–Kier alpha value is -1.02. The van der Waals surface area contributed by atoms with Gasteiger partial charge in [-0.1, -0.05) is 26.0 Å². The Bertz CT molecular complexity index is 548. The Kier molecular flexibility index (Phi) is 10.3. The number of nitrogens with one attached hydrogen (secondary N) is 1. The molecule has 0 spiro atoms. The van der Waals surface area contributed by atoms with Crippen molar-refractivity contribution in [1.29, 1.82) is 0 Å². The molecule has 0 bridgehead atoms. The van der Waals surface area contributed by atoms with Gasteiger partial charge in [0.1, 0.15) is 5.75 Å². The molecular formula is C20H34IN3O2. The van der Waals surface area contributed by atoms with Crippen LogP contribution in [-0.2, 0) is 0 Å². The van der Waals surface area contributed by atoms with Crippen LogP contribution in [0.4, 0.5) is 0 Å². The van der Waals surface area contributed by atoms with Crippen LogP contribution in [0.15, 0.2) is 29.3 Å². The first kappa shape index (κ1) is 23.0. The highest BCUT2D eigenvalue weighted by Gasteiger charge is 2.25. The Morgan fingerprint density at radius 1 is 1.35 bits per heavy atom. The highest BCUT2D eigenvalue weighted by atomic mass is 127. The molecule has 0 saturated carbocycles. The van der Waals surface area contributed by atoms with Gasteiger partial charge in [-0.05, 0) is 49.3 Å². The molecule has 0 aromatic heterocycles. The number of aliphatic imine (C=N–C) groups is 1. The number of hydrogen-bond donors (Lipinski definition) is 2. The van der Waals surface area contributed by atoms with Crippen molar-refractivity contribution < 1.29 is 9.84 Å². The van der Waals surface area contributed by atoms with Crippen LogP contribution < -0.4 is 10.1 Å². The smallest absolute Gasteiger partial charge is 0.194 e. The van der Waals surface area contributed by atoms with Crippen molar-refractivity contribution in [3.63, 3.8) is 0 Å². The van der Waals surface area contributed by atoms with E-state index in [1.54, 1.807) is 7.11 Å². The molecule has 148 valence electrons. The lowest BCUT2D eigenvalue weighted by Crippen LogP contribution is -2.40. The van der Waals surface area contributed by atoms with E-state index >= 15 is 0 Å². The van der Waals surface area contributed by atoms with Gasteiger partial charge < -0.3 is 20.1 Å². The largest absolute Gasteiger partial charge is 0.497 e. The zero-order valence-corrected chi connectivity index (χ0v) is 18.8. The highest BCUT2D eigenvalue weighted by molar-refractivity contribution is 14.0. The monoisotopic (exact) mass is 475 g/mol. The molecule has 2 unspecified atom stereocenters. The van der Waals surface area contributed by atoms with Gasteiger partial charge in [-0.2, -0.15) is 0 Å². The molecule has 0 aliphatic carbocycles. The summed E-state index contributed by atoms with van der Waals surface area (Å²) in [6, 6.07) is 7.51. The van der Waals surface area contributed by atoms with Gasteiger partial charge in [-0.3, -0.25) is 4.99 Å². The van der Waals surface area contributed by atoms with E-state index in [9.17, 15) is 5.11 Å². The Morgan fingerprint density at radius 2 is 2.04 bits per heavy atom. The maximum absolute atomic E-state index is 10.4. The second-order valence-corrected chi connectivity index (χ2v) is 7.21. The topological polar surface area (TPSA) is 57.1 Å². The number of guanidine groups is 1. The van der Waals surface area contributed by atoms with Gasteiger partial charge >= 0.3 is 0 Å². The van der Waals surface area contributed by atoms with Gasteiger partial charge in [0.15, 0.2) is 5.96 Å². The number of ether oxygens (including phenoxy) is 1. The first-order chi connectivity index (χ1) is 12.0. The number of methoxy groups -OCH3 is 1. The Balaban J connectivity index is 0.00000338. The van der Waals surface area contributed by atoms with Gasteiger partial charge in [0, 0.05) is 19.6 Å². The number of aliphatic hydroxyl groups is 1. The van der Waals surface area contributed by atoms with E-state index in [4.69, 9.17) is 4.74 Å². The second kappa shape index (κ2) is 11.6. The van der Waals surface area contributed by atoms with Crippen molar-refractivity contribution in [3.05, 3.63) is 29.8 Å². The summed E-state index contributed by atoms with van der Waals surface area (Å²) >= 11 is 0. The molecule has 1 aromatic carbocycles. The Morgan fingerprint density at radius 3 is 2.62 bits per heavy atom. The van der Waals surface area contributed by atoms with E-state index < -0.39 is 6.10 Å². The quantitative estimate of drug-likeness (QED) is 0.359. The van der Waals surface area contributed by atoms with Gasteiger partial charge in [0.2, 0.25) is 0 Å². The predicted octanol–water partition coefficient (Wildman–Crippen LogP) is 3.68. The standard InChI is InChI=1S/C20H33N3O2.HI/c1-5-21-20(23-11-10-16(14-23)12-15(2)3)22-13-19(24)17-6-8-18(25-4)9-7-17;/h6-9,15-16,19,24H,5,10-14H2,1-4H3,(H,21,22);1H. The molecule has 0 amide bonds. The maximum atomic E-state index is 10.4. The van der Waals surface area contributed by atoms with Crippen LogP contribution in [-0.4, -0.2) is 49.3 Å². The third kappa shape index (κ3) is 6.95. The van der Waals surface area contributed by atoms with Crippen LogP contribution in [0.3, 0.4) is 0 Å². The normalized spacial score (nSPS) is 18.6. The molecule has 0 radical (unpaired) electrons. The lowest BCUT2D eigenvalue weighted by molar-refractivity contribution is 0.186. The van der Waals surface area contributed by atoms with Crippen LogP contribution in [0.2, 0.25) is 0 Å². The molecule has 1 aliphatic rings. The summed E-state index contributed by atoms with van der Waals surface area (Å²) in [6.07, 6.45) is 1.89. The van der Waals surface area contributed by atoms with E-state index in [0.717, 1.165) is 48.7 Å². The molecule has 1 aromatic rings. The van der Waals surface area contributed by atoms with Crippen molar-refractivity contribution in [2.75, 3.05) is 33.3 Å². The molecule has 1 saturated heterocycles. The zero-order valence-electron chi connectivity index (χ0n) is 16.4. The van der Waals surface area contributed by atoms with Crippen LogP contribution in [0.1, 0.15) is 45.3 Å². The van der Waals surface area contributed by atoms with Crippen LogP contribution >= 0.6 is 24.0 Å². The SMILES string of the molecule is CCNC(=NCC(O)c1ccc(OC)cc1)N1CCC(CC(C)C)C1.I. The molecule has 1 heterocycles. The maximum Gasteiger partial charge on any atom is 0.194 e. The number of nitrogens with zero attached hydrogens (tertiary/aromatic N) is 2. The molecule has 2 rings (SSSR count). The lowest BCUT2D eigenvalue weighted by atomic mass is 9.97. The zero-order chi connectivity index (χ0) is 18.2. The van der Waals surface area contributed by atoms with Crippen LogP contribution in [0.25, 0.3) is 0 Å². The summed E-state index contributed by atoms with van der Waals surface area (Å²) in [5, 5.41) is 13.8. The van der Waals surface area contributed by atoms with E-state index in [-0.39, 0.29) is 24.0 Å². The molecule has 1 fully saturated rings. The summed E-state index contributed by atoms with van der Waals surface area (Å²) in [5.41, 5.74) is 0.861. The first-order valence-electron chi connectivity index (χ1n) is 9.38. The molecule has 1 aliphatic heterocycles. The summed E-state index contributed by atoms with van der Waals surface area (Å²) in [6.45, 7) is 9.95. The minimum atomic E-state index is -0.603. The van der Waals surface area contributed by atoms with Gasteiger partial charge in [-0.25, -0.2) is 0 Å². The van der Waals surface area contributed by atoms with Gasteiger partial charge in [0.05, 0.1) is 19.8 Å². The Labute approximate surface area is 175 Å². The number of rotatable bonds is 7. The van der Waals surface area contributed by atoms with E-state index in [1.165, 1.54) is 12.8 Å². The van der Waals surface area contributed by atoms with Gasteiger partial charge in [-0.15, -0.1) is 24.0 Å². The predicted molar refractivity (Wildman–Crippen MR) is 118 cm³/mol. The number of hydrogen-bond acceptors (Lipinski definition) is 3. The molecule has 5 nitrogen and oxygen atoms in total. The van der Waals surface area contributed by atoms with Crippen molar-refractivity contribution in [2.24, 2.45) is 16.8 Å². The highest BCUT2D eigenvalue weighted by Crippen LogP contribution is 2.23. The number of aliphatic hydroxyl groups excluding tert-OH is 1. The summed E-state index contributed by atoms with van der Waals surface area (Å²) < 4.78 is 5.16. The van der Waals surface area contributed by atoms with Crippen LogP contribution in [0.5, 0.6) is 5.75 Å². The number of benzene rings is 1. The fourth-order valence-corrected chi connectivity index (χ4v) is 3.41. The van der Waals surface area contributed by atoms with Crippen molar-refractivity contribution in [3.8, 4) is 5.75 Å². The fraction of sp³-hybridized carbons (Fsp3) is 0.650. The second-order valence-electron chi connectivity index (χ2n) is 7.21. The van der Waals surface area contributed by atoms with Crippen molar-refractivity contribution >= 4 is 29.9 Å². The number of halogens is 1. The third-order valence-electron chi connectivity index (χ3n) is 4.64. The van der Waals surface area contributed by atoms with Crippen molar-refractivity contribution in [2.45, 2.75) is 39.7 Å².